The van der Waals surface area contributed by atoms with Crippen molar-refractivity contribution in [2.45, 2.75) is 38.1 Å². The van der Waals surface area contributed by atoms with Crippen LogP contribution in [-0.4, -0.2) is 29.7 Å². The van der Waals surface area contributed by atoms with Gasteiger partial charge < -0.3 is 15.6 Å². The Kier molecular flexibility index (Phi) is 5.69. The third-order valence-corrected chi connectivity index (χ3v) is 2.61. The zero-order valence-electron chi connectivity index (χ0n) is 9.80. The lowest BCUT2D eigenvalue weighted by Gasteiger charge is -2.06. The molecule has 0 aromatic carbocycles. The highest BCUT2D eigenvalue weighted by molar-refractivity contribution is 5.72. The minimum Gasteiger partial charge on any atom is -0.480 e. The van der Waals surface area contributed by atoms with Crippen molar-refractivity contribution in [1.29, 1.82) is 0 Å². The number of nitrogens with two attached hydrogens (primary N) is 1. The predicted octanol–water partition coefficient (Wildman–Crippen LogP) is 1.08. The molecule has 0 amide bonds. The van der Waals surface area contributed by atoms with Crippen LogP contribution < -0.4 is 5.73 Å². The molecule has 1 aliphatic rings. The first kappa shape index (κ1) is 13.7. The van der Waals surface area contributed by atoms with Gasteiger partial charge in [0.05, 0.1) is 0 Å². The second kappa shape index (κ2) is 7.06. The van der Waals surface area contributed by atoms with Gasteiger partial charge in [0.25, 0.3) is 0 Å². The molecule has 0 fully saturated rings. The average molecular weight is 241 g/mol. The summed E-state index contributed by atoms with van der Waals surface area (Å²) in [5, 5.41) is 8.55. The van der Waals surface area contributed by atoms with Crippen LogP contribution in [0.5, 0.6) is 0 Å². The molecule has 0 aromatic heterocycles. The number of esters is 1. The smallest absolute Gasteiger partial charge is 0.320 e. The van der Waals surface area contributed by atoms with Gasteiger partial charge in [0.1, 0.15) is 12.6 Å². The Labute approximate surface area is 101 Å². The quantitative estimate of drug-likeness (QED) is 0.358. The van der Waals surface area contributed by atoms with Gasteiger partial charge in [0, 0.05) is 12.3 Å². The molecule has 0 radical (unpaired) electrons. The predicted molar refractivity (Wildman–Crippen MR) is 62.3 cm³/mol. The van der Waals surface area contributed by atoms with E-state index in [9.17, 15) is 9.59 Å². The van der Waals surface area contributed by atoms with E-state index in [2.05, 4.69) is 0 Å². The number of carboxylic acid groups (broad SMARTS) is 1. The number of carbonyl (C=O) groups excluding carboxylic acids is 1. The van der Waals surface area contributed by atoms with Gasteiger partial charge >= 0.3 is 11.9 Å². The SMILES string of the molecule is N[C@@H](CCCCCC(=O)OCC1C=C1)C(=O)O. The number of unbranched alkanes of at least 4 members (excludes halogenated alkanes) is 2. The van der Waals surface area contributed by atoms with Gasteiger partial charge in [-0.3, -0.25) is 9.59 Å². The van der Waals surface area contributed by atoms with Crippen molar-refractivity contribution in [2.24, 2.45) is 11.7 Å². The summed E-state index contributed by atoms with van der Waals surface area (Å²) < 4.78 is 5.01. The molecule has 0 aromatic rings. The summed E-state index contributed by atoms with van der Waals surface area (Å²) in [6.45, 7) is 0.461. The molecule has 0 saturated carbocycles. The summed E-state index contributed by atoms with van der Waals surface area (Å²) in [6.07, 6.45) is 7.08. The Hall–Kier alpha value is -1.36. The fourth-order valence-electron chi connectivity index (χ4n) is 1.38. The van der Waals surface area contributed by atoms with Crippen molar-refractivity contribution in [3.05, 3.63) is 12.2 Å². The zero-order valence-corrected chi connectivity index (χ0v) is 9.80. The molecule has 0 saturated heterocycles. The van der Waals surface area contributed by atoms with Crippen LogP contribution in [0.2, 0.25) is 0 Å². The highest BCUT2D eigenvalue weighted by Crippen LogP contribution is 2.16. The highest BCUT2D eigenvalue weighted by atomic mass is 16.5. The maximum Gasteiger partial charge on any atom is 0.320 e. The summed E-state index contributed by atoms with van der Waals surface area (Å²) in [4.78, 5) is 21.6. The van der Waals surface area contributed by atoms with E-state index in [4.69, 9.17) is 15.6 Å². The van der Waals surface area contributed by atoms with Crippen LogP contribution in [0.3, 0.4) is 0 Å². The summed E-state index contributed by atoms with van der Waals surface area (Å²) in [5.41, 5.74) is 5.35. The molecular formula is C12H19NO4. The van der Waals surface area contributed by atoms with Crippen LogP contribution in [0.25, 0.3) is 0 Å². The van der Waals surface area contributed by atoms with Gasteiger partial charge in [-0.25, -0.2) is 0 Å². The van der Waals surface area contributed by atoms with E-state index in [1.54, 1.807) is 0 Å². The fourth-order valence-corrected chi connectivity index (χ4v) is 1.38. The topological polar surface area (TPSA) is 89.6 Å². The van der Waals surface area contributed by atoms with Gasteiger partial charge in [0.2, 0.25) is 0 Å². The third-order valence-electron chi connectivity index (χ3n) is 2.61. The number of carbonyl (C=O) groups is 2. The molecule has 0 bridgehead atoms. The van der Waals surface area contributed by atoms with Crippen LogP contribution in [-0.2, 0) is 14.3 Å². The normalized spacial score (nSPS) is 15.6. The lowest BCUT2D eigenvalue weighted by Crippen LogP contribution is -2.29. The molecule has 96 valence electrons. The molecule has 1 rings (SSSR count). The van der Waals surface area contributed by atoms with Crippen molar-refractivity contribution < 1.29 is 19.4 Å². The second-order valence-electron chi connectivity index (χ2n) is 4.28. The van der Waals surface area contributed by atoms with Crippen LogP contribution >= 0.6 is 0 Å². The molecule has 0 spiro atoms. The summed E-state index contributed by atoms with van der Waals surface area (Å²) in [7, 11) is 0. The largest absolute Gasteiger partial charge is 0.480 e. The lowest BCUT2D eigenvalue weighted by molar-refractivity contribution is -0.144. The first-order valence-corrected chi connectivity index (χ1v) is 5.92. The summed E-state index contributed by atoms with van der Waals surface area (Å²) >= 11 is 0. The fraction of sp³-hybridized carbons (Fsp3) is 0.667. The Morgan fingerprint density at radius 1 is 1.29 bits per heavy atom. The Morgan fingerprint density at radius 2 is 2.00 bits per heavy atom. The van der Waals surface area contributed by atoms with Gasteiger partial charge in [-0.2, -0.15) is 0 Å². The van der Waals surface area contributed by atoms with E-state index in [-0.39, 0.29) is 5.97 Å². The van der Waals surface area contributed by atoms with E-state index in [0.717, 1.165) is 19.3 Å². The van der Waals surface area contributed by atoms with E-state index < -0.39 is 12.0 Å². The minimum atomic E-state index is -0.971. The third kappa shape index (κ3) is 6.73. The second-order valence-corrected chi connectivity index (χ2v) is 4.28. The van der Waals surface area contributed by atoms with Crippen molar-refractivity contribution >= 4 is 11.9 Å². The van der Waals surface area contributed by atoms with Crippen LogP contribution in [0, 0.1) is 5.92 Å². The number of carboxylic acids is 1. The first-order chi connectivity index (χ1) is 8.09. The number of aliphatic carboxylic acids is 1. The average Bonchev–Trinajstić information content (AvgIpc) is 3.09. The molecule has 5 nitrogen and oxygen atoms in total. The van der Waals surface area contributed by atoms with Crippen LogP contribution in [0.4, 0.5) is 0 Å². The van der Waals surface area contributed by atoms with Crippen LogP contribution in [0.1, 0.15) is 32.1 Å². The van der Waals surface area contributed by atoms with Crippen molar-refractivity contribution in [3.8, 4) is 0 Å². The van der Waals surface area contributed by atoms with Crippen molar-refractivity contribution in [3.63, 3.8) is 0 Å². The maximum absolute atomic E-state index is 11.2. The van der Waals surface area contributed by atoms with Gasteiger partial charge in [-0.1, -0.05) is 25.0 Å². The number of ether oxygens (including phenoxy) is 1. The molecule has 5 heteroatoms. The van der Waals surface area contributed by atoms with Crippen molar-refractivity contribution in [1.82, 2.24) is 0 Å². The zero-order chi connectivity index (χ0) is 12.7. The Balaban J connectivity index is 1.88. The molecule has 0 aliphatic heterocycles. The molecule has 0 heterocycles. The van der Waals surface area contributed by atoms with E-state index >= 15 is 0 Å². The van der Waals surface area contributed by atoms with Gasteiger partial charge in [-0.15, -0.1) is 0 Å². The Bertz CT molecular complexity index is 295. The standard InChI is InChI=1S/C12H19NO4/c13-10(12(15)16)4-2-1-3-5-11(14)17-8-9-6-7-9/h6-7,9-10H,1-5,8,13H2,(H,15,16)/t10-/m0/s1. The number of hydrogen-bond acceptors (Lipinski definition) is 4. The summed E-state index contributed by atoms with van der Waals surface area (Å²) in [5.74, 6) is -0.796. The van der Waals surface area contributed by atoms with E-state index in [1.807, 2.05) is 12.2 Å². The molecule has 1 aliphatic carbocycles. The van der Waals surface area contributed by atoms with E-state index in [1.165, 1.54) is 0 Å². The number of hydrogen-bond donors (Lipinski definition) is 2. The lowest BCUT2D eigenvalue weighted by atomic mass is 10.1. The monoisotopic (exact) mass is 241 g/mol. The van der Waals surface area contributed by atoms with Gasteiger partial charge in [-0.05, 0) is 12.8 Å². The molecule has 17 heavy (non-hydrogen) atoms. The summed E-state index contributed by atoms with van der Waals surface area (Å²) in [6, 6.07) is -0.789. The molecule has 1 atom stereocenters. The Morgan fingerprint density at radius 3 is 2.59 bits per heavy atom. The molecular weight excluding hydrogens is 222 g/mol. The van der Waals surface area contributed by atoms with Crippen LogP contribution in [0.15, 0.2) is 12.2 Å². The van der Waals surface area contributed by atoms with E-state index in [0.29, 0.717) is 25.4 Å². The first-order valence-electron chi connectivity index (χ1n) is 5.92. The molecule has 3 N–H and O–H groups in total. The maximum atomic E-state index is 11.2. The highest BCUT2D eigenvalue weighted by Gasteiger charge is 2.13. The number of rotatable bonds is 9. The van der Waals surface area contributed by atoms with Crippen molar-refractivity contribution in [2.75, 3.05) is 6.61 Å². The molecule has 0 unspecified atom stereocenters. The van der Waals surface area contributed by atoms with Gasteiger partial charge in [0.15, 0.2) is 0 Å². The minimum absolute atomic E-state index is 0.179.